The van der Waals surface area contributed by atoms with Crippen molar-refractivity contribution < 1.29 is 14.0 Å². The van der Waals surface area contributed by atoms with Gasteiger partial charge in [-0.15, -0.1) is 23.1 Å². The van der Waals surface area contributed by atoms with E-state index in [9.17, 15) is 14.0 Å². The van der Waals surface area contributed by atoms with Crippen LogP contribution in [0.25, 0.3) is 0 Å². The summed E-state index contributed by atoms with van der Waals surface area (Å²) in [6.45, 7) is 2.42. The van der Waals surface area contributed by atoms with Crippen molar-refractivity contribution in [3.63, 3.8) is 0 Å². The molecule has 0 bridgehead atoms. The lowest BCUT2D eigenvalue weighted by Gasteiger charge is -2.36. The second kappa shape index (κ2) is 9.42. The zero-order valence-electron chi connectivity index (χ0n) is 16.7. The number of amides is 2. The number of fused-ring (bicyclic) bond motifs is 1. The zero-order valence-corrected chi connectivity index (χ0v) is 19.1. The van der Waals surface area contributed by atoms with Gasteiger partial charge in [0.25, 0.3) is 0 Å². The van der Waals surface area contributed by atoms with E-state index in [4.69, 9.17) is 11.6 Å². The lowest BCUT2D eigenvalue weighted by Crippen LogP contribution is -2.47. The largest absolute Gasteiger partial charge is 0.351 e. The monoisotopic (exact) mass is 474 g/mol. The second-order valence-electron chi connectivity index (χ2n) is 7.25. The lowest BCUT2D eigenvalue weighted by atomic mass is 10.0. The number of hydrogen-bond donors (Lipinski definition) is 1. The highest BCUT2D eigenvalue weighted by molar-refractivity contribution is 8.01. The molecule has 3 aromatic rings. The van der Waals surface area contributed by atoms with E-state index in [1.54, 1.807) is 29.2 Å². The van der Waals surface area contributed by atoms with Crippen LogP contribution >= 0.6 is 34.7 Å². The maximum atomic E-state index is 13.5. The molecule has 8 heteroatoms. The van der Waals surface area contributed by atoms with Crippen LogP contribution in [0, 0.1) is 11.7 Å². The molecule has 2 atom stereocenters. The Bertz CT molecular complexity index is 1110. The van der Waals surface area contributed by atoms with Gasteiger partial charge in [0.1, 0.15) is 11.1 Å². The van der Waals surface area contributed by atoms with E-state index in [-0.39, 0.29) is 23.4 Å². The minimum Gasteiger partial charge on any atom is -0.351 e. The van der Waals surface area contributed by atoms with Crippen molar-refractivity contribution in [3.05, 3.63) is 81.3 Å². The first-order valence-electron chi connectivity index (χ1n) is 9.75. The highest BCUT2D eigenvalue weighted by atomic mass is 35.5. The molecule has 1 aliphatic heterocycles. The third-order valence-electron chi connectivity index (χ3n) is 5.15. The summed E-state index contributed by atoms with van der Waals surface area (Å²) >= 11 is 9.19. The van der Waals surface area contributed by atoms with Crippen LogP contribution in [0.2, 0.25) is 5.02 Å². The van der Waals surface area contributed by atoms with Crippen LogP contribution in [0.3, 0.4) is 0 Å². The topological polar surface area (TPSA) is 49.4 Å². The number of nitrogens with zero attached hydrogens (tertiary/aromatic N) is 1. The molecule has 2 heterocycles. The number of rotatable bonds is 6. The van der Waals surface area contributed by atoms with Gasteiger partial charge in [0.15, 0.2) is 0 Å². The Morgan fingerprint density at radius 1 is 1.23 bits per heavy atom. The first kappa shape index (κ1) is 21.9. The molecule has 1 aliphatic rings. The van der Waals surface area contributed by atoms with Gasteiger partial charge in [-0.05, 0) is 41.3 Å². The van der Waals surface area contributed by atoms with Crippen LogP contribution in [-0.2, 0) is 22.7 Å². The molecular weight excluding hydrogens is 455 g/mol. The lowest BCUT2D eigenvalue weighted by molar-refractivity contribution is -0.128. The molecular formula is C23H20ClFN2O2S2. The summed E-state index contributed by atoms with van der Waals surface area (Å²) in [6, 6.07) is 15.6. The van der Waals surface area contributed by atoms with Gasteiger partial charge in [0.2, 0.25) is 11.8 Å². The molecule has 2 aromatic carbocycles. The van der Waals surface area contributed by atoms with Crippen molar-refractivity contribution in [2.24, 2.45) is 5.92 Å². The van der Waals surface area contributed by atoms with Crippen molar-refractivity contribution >= 4 is 52.2 Å². The maximum absolute atomic E-state index is 13.5. The zero-order chi connectivity index (χ0) is 22.0. The molecule has 2 amide bonds. The molecule has 1 N–H and O–H groups in total. The summed E-state index contributed by atoms with van der Waals surface area (Å²) in [5, 5.41) is 4.58. The summed E-state index contributed by atoms with van der Waals surface area (Å²) < 4.78 is 13.5. The van der Waals surface area contributed by atoms with Crippen LogP contribution in [0.4, 0.5) is 10.1 Å². The predicted octanol–water partition coefficient (Wildman–Crippen LogP) is 5.50. The Labute approximate surface area is 193 Å². The van der Waals surface area contributed by atoms with E-state index in [0.717, 1.165) is 15.5 Å². The van der Waals surface area contributed by atoms with Crippen LogP contribution in [0.5, 0.6) is 0 Å². The van der Waals surface area contributed by atoms with E-state index >= 15 is 0 Å². The Morgan fingerprint density at radius 2 is 2.03 bits per heavy atom. The molecule has 4 nitrogen and oxygen atoms in total. The molecule has 1 aromatic heterocycles. The normalized spacial score (nSPS) is 16.7. The molecule has 0 saturated carbocycles. The van der Waals surface area contributed by atoms with Gasteiger partial charge in [-0.25, -0.2) is 4.39 Å². The van der Waals surface area contributed by atoms with Crippen LogP contribution in [-0.4, -0.2) is 17.1 Å². The van der Waals surface area contributed by atoms with Gasteiger partial charge >= 0.3 is 0 Å². The Hall–Kier alpha value is -2.35. The van der Waals surface area contributed by atoms with Gasteiger partial charge in [-0.1, -0.05) is 42.8 Å². The van der Waals surface area contributed by atoms with Crippen LogP contribution in [0.15, 0.2) is 64.9 Å². The third-order valence-corrected chi connectivity index (χ3v) is 7.84. The van der Waals surface area contributed by atoms with E-state index in [1.807, 2.05) is 41.8 Å². The summed E-state index contributed by atoms with van der Waals surface area (Å²) in [4.78, 5) is 29.9. The van der Waals surface area contributed by atoms with Gasteiger partial charge < -0.3 is 10.2 Å². The average Bonchev–Trinajstić information content (AvgIpc) is 3.28. The first-order chi connectivity index (χ1) is 14.9. The van der Waals surface area contributed by atoms with E-state index in [2.05, 4.69) is 5.32 Å². The number of carbonyl (C=O) groups is 2. The molecule has 4 rings (SSSR count). The van der Waals surface area contributed by atoms with E-state index in [1.165, 1.54) is 23.9 Å². The predicted molar refractivity (Wildman–Crippen MR) is 124 cm³/mol. The number of para-hydroxylation sites is 1. The highest BCUT2D eigenvalue weighted by Crippen LogP contribution is 2.42. The molecule has 0 fully saturated rings. The first-order valence-corrected chi connectivity index (χ1v) is 11.9. The SMILES string of the molecule is C[C@H](C(=O)NCc1cccs1)[C@@H]1Sc2ccccc2N(Cc2ccc(F)cc2Cl)C1=O. The Balaban J connectivity index is 1.57. The van der Waals surface area contributed by atoms with Crippen molar-refractivity contribution in [1.82, 2.24) is 5.32 Å². The van der Waals surface area contributed by atoms with Crippen molar-refractivity contribution in [1.29, 1.82) is 0 Å². The fourth-order valence-electron chi connectivity index (χ4n) is 3.42. The molecule has 31 heavy (non-hydrogen) atoms. The molecule has 160 valence electrons. The fourth-order valence-corrected chi connectivity index (χ4v) is 5.58. The molecule has 0 unspecified atom stereocenters. The average molecular weight is 475 g/mol. The molecule has 0 radical (unpaired) electrons. The standard InChI is InChI=1S/C23H20ClFN2O2S2/c1-14(22(28)26-12-17-5-4-10-30-17)21-23(29)27(19-6-2-3-7-20(19)31-21)13-15-8-9-16(25)11-18(15)24/h2-11,14,21H,12-13H2,1H3,(H,26,28)/t14-,21-/m0/s1. The minimum absolute atomic E-state index is 0.164. The number of carbonyl (C=O) groups excluding carboxylic acids is 2. The molecule has 0 saturated heterocycles. The smallest absolute Gasteiger partial charge is 0.241 e. The quantitative estimate of drug-likeness (QED) is 0.513. The number of anilines is 1. The number of hydrogen-bond acceptors (Lipinski definition) is 4. The number of thioether (sulfide) groups is 1. The summed E-state index contributed by atoms with van der Waals surface area (Å²) in [5.74, 6) is -1.29. The number of halogens is 2. The van der Waals surface area contributed by atoms with Gasteiger partial charge in [0.05, 0.1) is 24.7 Å². The van der Waals surface area contributed by atoms with E-state index < -0.39 is 17.0 Å². The van der Waals surface area contributed by atoms with E-state index in [0.29, 0.717) is 12.1 Å². The number of benzene rings is 2. The van der Waals surface area contributed by atoms with Crippen molar-refractivity contribution in [2.75, 3.05) is 4.90 Å². The molecule has 0 spiro atoms. The summed E-state index contributed by atoms with van der Waals surface area (Å²) in [7, 11) is 0. The van der Waals surface area contributed by atoms with Crippen molar-refractivity contribution in [2.45, 2.75) is 30.2 Å². The highest BCUT2D eigenvalue weighted by Gasteiger charge is 2.39. The number of nitrogens with one attached hydrogen (secondary N) is 1. The van der Waals surface area contributed by atoms with Gasteiger partial charge in [-0.2, -0.15) is 0 Å². The second-order valence-corrected chi connectivity index (χ2v) is 9.87. The fraction of sp³-hybridized carbons (Fsp3) is 0.217. The van der Waals surface area contributed by atoms with Crippen LogP contribution < -0.4 is 10.2 Å². The van der Waals surface area contributed by atoms with Crippen LogP contribution in [0.1, 0.15) is 17.4 Å². The summed E-state index contributed by atoms with van der Waals surface area (Å²) in [5.41, 5.74) is 1.41. The van der Waals surface area contributed by atoms with Gasteiger partial charge in [-0.3, -0.25) is 9.59 Å². The Morgan fingerprint density at radius 3 is 2.77 bits per heavy atom. The summed E-state index contributed by atoms with van der Waals surface area (Å²) in [6.07, 6.45) is 0. The number of thiophene rings is 1. The molecule has 0 aliphatic carbocycles. The Kier molecular flexibility index (Phi) is 6.65. The minimum atomic E-state index is -0.572. The van der Waals surface area contributed by atoms with Crippen molar-refractivity contribution in [3.8, 4) is 0 Å². The maximum Gasteiger partial charge on any atom is 0.241 e. The third kappa shape index (κ3) is 4.79. The van der Waals surface area contributed by atoms with Gasteiger partial charge in [0, 0.05) is 14.8 Å².